The Morgan fingerprint density at radius 2 is 2.10 bits per heavy atom. The molecule has 0 unspecified atom stereocenters. The second kappa shape index (κ2) is 6.18. The maximum atomic E-state index is 12.1. The smallest absolute Gasteiger partial charge is 0.305 e. The number of hydrogen-bond donors (Lipinski definition) is 1. The average Bonchev–Trinajstić information content (AvgIpc) is 2.83. The molecular weight excluding hydrogens is 260 g/mol. The van der Waals surface area contributed by atoms with Gasteiger partial charge in [0.05, 0.1) is 12.8 Å². The van der Waals surface area contributed by atoms with E-state index in [1.54, 1.807) is 6.07 Å². The largest absolute Gasteiger partial charge is 0.481 e. The van der Waals surface area contributed by atoms with Crippen molar-refractivity contribution < 1.29 is 19.2 Å². The number of fused-ring (bicyclic) bond motifs is 1. The number of rotatable bonds is 6. The van der Waals surface area contributed by atoms with Gasteiger partial charge in [0.2, 0.25) is 5.91 Å². The molecule has 1 aromatic carbocycles. The molecule has 0 aliphatic carbocycles. The second-order valence-corrected chi connectivity index (χ2v) is 4.42. The zero-order chi connectivity index (χ0) is 14.5. The van der Waals surface area contributed by atoms with E-state index in [-0.39, 0.29) is 25.3 Å². The number of carbonyl (C=O) groups is 2. The highest BCUT2D eigenvalue weighted by Gasteiger charge is 2.17. The lowest BCUT2D eigenvalue weighted by molar-refractivity contribution is -0.138. The van der Waals surface area contributed by atoms with Crippen molar-refractivity contribution in [2.75, 3.05) is 13.1 Å². The third-order valence-corrected chi connectivity index (χ3v) is 3.10. The van der Waals surface area contributed by atoms with E-state index < -0.39 is 5.97 Å². The van der Waals surface area contributed by atoms with Crippen molar-refractivity contribution in [3.8, 4) is 0 Å². The van der Waals surface area contributed by atoms with Crippen LogP contribution in [0.4, 0.5) is 0 Å². The maximum Gasteiger partial charge on any atom is 0.305 e. The molecule has 1 amide bonds. The first-order chi connectivity index (χ1) is 9.61. The summed E-state index contributed by atoms with van der Waals surface area (Å²) < 4.78 is 5.15. The Labute approximate surface area is 116 Å². The number of carboxylic acid groups (broad SMARTS) is 1. The summed E-state index contributed by atoms with van der Waals surface area (Å²) in [5.74, 6) is -1.06. The van der Waals surface area contributed by atoms with Crippen molar-refractivity contribution in [1.29, 1.82) is 0 Å². The van der Waals surface area contributed by atoms with Crippen LogP contribution >= 0.6 is 0 Å². The van der Waals surface area contributed by atoms with Crippen molar-refractivity contribution >= 4 is 22.8 Å². The van der Waals surface area contributed by atoms with Gasteiger partial charge in [-0.25, -0.2) is 0 Å². The third kappa shape index (κ3) is 3.14. The average molecular weight is 276 g/mol. The molecule has 1 heterocycles. The summed E-state index contributed by atoms with van der Waals surface area (Å²) in [5.41, 5.74) is 1.23. The number of benzene rings is 1. The fraction of sp³-hybridized carbons (Fsp3) is 0.357. The van der Waals surface area contributed by atoms with Crippen LogP contribution in [-0.2, 0) is 16.0 Å². The van der Waals surface area contributed by atoms with Crippen LogP contribution in [0.5, 0.6) is 0 Å². The predicted molar refractivity (Wildman–Crippen MR) is 72.2 cm³/mol. The molecule has 2 aromatic rings. The van der Waals surface area contributed by atoms with Crippen molar-refractivity contribution in [3.63, 3.8) is 0 Å². The van der Waals surface area contributed by atoms with Gasteiger partial charge in [-0.05, 0) is 19.1 Å². The molecule has 20 heavy (non-hydrogen) atoms. The number of carbonyl (C=O) groups excluding carboxylic acids is 1. The minimum absolute atomic E-state index is 0.0564. The van der Waals surface area contributed by atoms with E-state index in [4.69, 9.17) is 9.63 Å². The Bertz CT molecular complexity index is 620. The summed E-state index contributed by atoms with van der Waals surface area (Å²) in [4.78, 5) is 24.2. The second-order valence-electron chi connectivity index (χ2n) is 4.42. The van der Waals surface area contributed by atoms with E-state index >= 15 is 0 Å². The standard InChI is InChI=1S/C14H16N2O4/c1-2-16(8-7-14(18)19)13(17)9-11-10-5-3-4-6-12(10)20-15-11/h3-6H,2,7-9H2,1H3,(H,18,19). The molecule has 1 aromatic heterocycles. The van der Waals surface area contributed by atoms with Gasteiger partial charge in [0.15, 0.2) is 5.58 Å². The number of hydrogen-bond acceptors (Lipinski definition) is 4. The van der Waals surface area contributed by atoms with Crippen LogP contribution in [0.2, 0.25) is 0 Å². The van der Waals surface area contributed by atoms with Crippen molar-refractivity contribution in [3.05, 3.63) is 30.0 Å². The highest BCUT2D eigenvalue weighted by Crippen LogP contribution is 2.18. The van der Waals surface area contributed by atoms with Crippen LogP contribution < -0.4 is 0 Å². The molecule has 0 aliphatic rings. The molecule has 0 saturated heterocycles. The SMILES string of the molecule is CCN(CCC(=O)O)C(=O)Cc1noc2ccccc12. The Hall–Kier alpha value is -2.37. The van der Waals surface area contributed by atoms with Gasteiger partial charge < -0.3 is 14.5 Å². The van der Waals surface area contributed by atoms with Crippen molar-refractivity contribution in [2.24, 2.45) is 0 Å². The molecule has 0 spiro atoms. The molecule has 106 valence electrons. The lowest BCUT2D eigenvalue weighted by atomic mass is 10.1. The fourth-order valence-corrected chi connectivity index (χ4v) is 2.01. The van der Waals surface area contributed by atoms with Gasteiger partial charge in [-0.15, -0.1) is 0 Å². The first kappa shape index (κ1) is 14.0. The van der Waals surface area contributed by atoms with Crippen LogP contribution in [0.1, 0.15) is 19.0 Å². The highest BCUT2D eigenvalue weighted by atomic mass is 16.5. The number of para-hydroxylation sites is 1. The van der Waals surface area contributed by atoms with E-state index in [0.29, 0.717) is 17.8 Å². The van der Waals surface area contributed by atoms with E-state index in [0.717, 1.165) is 5.39 Å². The Kier molecular flexibility index (Phi) is 4.34. The molecule has 0 fully saturated rings. The summed E-state index contributed by atoms with van der Waals surface area (Å²) in [6.45, 7) is 2.50. The lowest BCUT2D eigenvalue weighted by Gasteiger charge is -2.19. The zero-order valence-electron chi connectivity index (χ0n) is 11.2. The first-order valence-corrected chi connectivity index (χ1v) is 6.44. The minimum Gasteiger partial charge on any atom is -0.481 e. The number of nitrogens with zero attached hydrogens (tertiary/aromatic N) is 2. The van der Waals surface area contributed by atoms with Crippen LogP contribution in [0, 0.1) is 0 Å². The quantitative estimate of drug-likeness (QED) is 0.868. The highest BCUT2D eigenvalue weighted by molar-refractivity contribution is 5.86. The Balaban J connectivity index is 2.08. The maximum absolute atomic E-state index is 12.1. The third-order valence-electron chi connectivity index (χ3n) is 3.10. The Morgan fingerprint density at radius 1 is 1.35 bits per heavy atom. The summed E-state index contributed by atoms with van der Waals surface area (Å²) in [6, 6.07) is 7.33. The summed E-state index contributed by atoms with van der Waals surface area (Å²) in [6.07, 6.45) is 0.0591. The van der Waals surface area contributed by atoms with Crippen LogP contribution in [0.15, 0.2) is 28.8 Å². The normalized spacial score (nSPS) is 10.7. The molecule has 2 rings (SSSR count). The van der Waals surface area contributed by atoms with Gasteiger partial charge in [-0.2, -0.15) is 0 Å². The van der Waals surface area contributed by atoms with Crippen LogP contribution in [-0.4, -0.2) is 40.1 Å². The lowest BCUT2D eigenvalue weighted by Crippen LogP contribution is -2.34. The molecule has 0 saturated carbocycles. The fourth-order valence-electron chi connectivity index (χ4n) is 2.01. The van der Waals surface area contributed by atoms with Gasteiger partial charge in [0.25, 0.3) is 0 Å². The first-order valence-electron chi connectivity index (χ1n) is 6.44. The van der Waals surface area contributed by atoms with Crippen LogP contribution in [0.25, 0.3) is 11.0 Å². The van der Waals surface area contributed by atoms with Crippen LogP contribution in [0.3, 0.4) is 0 Å². The van der Waals surface area contributed by atoms with Gasteiger partial charge in [0, 0.05) is 18.5 Å². The topological polar surface area (TPSA) is 83.6 Å². The van der Waals surface area contributed by atoms with Gasteiger partial charge in [-0.1, -0.05) is 17.3 Å². The van der Waals surface area contributed by atoms with Gasteiger partial charge in [0.1, 0.15) is 5.69 Å². The monoisotopic (exact) mass is 276 g/mol. The van der Waals surface area contributed by atoms with E-state index in [1.165, 1.54) is 4.90 Å². The Morgan fingerprint density at radius 3 is 2.80 bits per heavy atom. The molecule has 0 radical (unpaired) electrons. The van der Waals surface area contributed by atoms with E-state index in [9.17, 15) is 9.59 Å². The van der Waals surface area contributed by atoms with E-state index in [2.05, 4.69) is 5.16 Å². The molecule has 0 bridgehead atoms. The molecule has 6 nitrogen and oxygen atoms in total. The molecule has 0 atom stereocenters. The summed E-state index contributed by atoms with van der Waals surface area (Å²) >= 11 is 0. The van der Waals surface area contributed by atoms with Gasteiger partial charge >= 0.3 is 5.97 Å². The summed E-state index contributed by atoms with van der Waals surface area (Å²) in [5, 5.41) is 13.4. The molecular formula is C14H16N2O4. The number of carboxylic acids is 1. The van der Waals surface area contributed by atoms with Crippen molar-refractivity contribution in [2.45, 2.75) is 19.8 Å². The molecule has 0 aliphatic heterocycles. The number of aromatic nitrogens is 1. The minimum atomic E-state index is -0.914. The summed E-state index contributed by atoms with van der Waals surface area (Å²) in [7, 11) is 0. The number of likely N-dealkylation sites (N-methyl/N-ethyl adjacent to an activating group) is 1. The zero-order valence-corrected chi connectivity index (χ0v) is 11.2. The number of aliphatic carboxylic acids is 1. The predicted octanol–water partition coefficient (Wildman–Crippen LogP) is 1.69. The number of amides is 1. The van der Waals surface area contributed by atoms with Crippen molar-refractivity contribution in [1.82, 2.24) is 10.1 Å². The molecule has 6 heteroatoms. The molecule has 1 N–H and O–H groups in total. The van der Waals surface area contributed by atoms with E-state index in [1.807, 2.05) is 25.1 Å². The van der Waals surface area contributed by atoms with Gasteiger partial charge in [-0.3, -0.25) is 9.59 Å².